The van der Waals surface area contributed by atoms with E-state index in [9.17, 15) is 9.59 Å². The number of amides is 3. The minimum absolute atomic E-state index is 0.0313. The highest BCUT2D eigenvalue weighted by atomic mass is 16.2. The molecular formula is C20H24N4O2. The first kappa shape index (κ1) is 17.9. The zero-order chi connectivity index (χ0) is 18.5. The molecule has 3 rings (SSSR count). The molecule has 1 aromatic heterocycles. The number of pyridine rings is 1. The van der Waals surface area contributed by atoms with Crippen LogP contribution in [0.4, 0.5) is 10.5 Å². The van der Waals surface area contributed by atoms with E-state index in [1.807, 2.05) is 36.9 Å². The van der Waals surface area contributed by atoms with Gasteiger partial charge < -0.3 is 15.5 Å². The molecule has 1 atom stereocenters. The largest absolute Gasteiger partial charge is 0.336 e. The Hall–Kier alpha value is -2.89. The van der Waals surface area contributed by atoms with Crippen LogP contribution in [-0.2, 0) is 13.0 Å². The summed E-state index contributed by atoms with van der Waals surface area (Å²) in [5.41, 5.74) is 3.59. The lowest BCUT2D eigenvalue weighted by Crippen LogP contribution is -2.45. The van der Waals surface area contributed by atoms with Crippen LogP contribution >= 0.6 is 0 Å². The third kappa shape index (κ3) is 4.20. The first-order valence-corrected chi connectivity index (χ1v) is 8.95. The van der Waals surface area contributed by atoms with Crippen molar-refractivity contribution in [3.63, 3.8) is 0 Å². The number of nitrogens with one attached hydrogen (secondary N) is 2. The third-order valence-corrected chi connectivity index (χ3v) is 4.69. The molecule has 0 aliphatic carbocycles. The second kappa shape index (κ2) is 7.99. The molecule has 6 nitrogen and oxygen atoms in total. The fraction of sp³-hybridized carbons (Fsp3) is 0.350. The van der Waals surface area contributed by atoms with Gasteiger partial charge in [0, 0.05) is 42.8 Å². The Morgan fingerprint density at radius 3 is 2.69 bits per heavy atom. The first-order chi connectivity index (χ1) is 12.6. The number of hydrogen-bond acceptors (Lipinski definition) is 3. The van der Waals surface area contributed by atoms with E-state index in [1.54, 1.807) is 24.5 Å². The van der Waals surface area contributed by atoms with Gasteiger partial charge in [0.05, 0.1) is 0 Å². The molecule has 1 aliphatic heterocycles. The molecule has 2 aromatic rings. The van der Waals surface area contributed by atoms with Gasteiger partial charge in [0.1, 0.15) is 0 Å². The lowest BCUT2D eigenvalue weighted by atomic mass is 9.99. The van der Waals surface area contributed by atoms with Crippen LogP contribution in [0.15, 0.2) is 42.7 Å². The number of nitrogens with zero attached hydrogens (tertiary/aromatic N) is 2. The predicted molar refractivity (Wildman–Crippen MR) is 101 cm³/mol. The summed E-state index contributed by atoms with van der Waals surface area (Å²) >= 11 is 0. The van der Waals surface area contributed by atoms with Crippen molar-refractivity contribution in [3.8, 4) is 0 Å². The normalized spacial score (nSPS) is 14.3. The second-order valence-corrected chi connectivity index (χ2v) is 6.60. The van der Waals surface area contributed by atoms with Crippen molar-refractivity contribution in [3.05, 3.63) is 59.4 Å². The zero-order valence-corrected chi connectivity index (χ0v) is 15.2. The Kier molecular flexibility index (Phi) is 5.51. The van der Waals surface area contributed by atoms with E-state index >= 15 is 0 Å². The Bertz CT molecular complexity index is 792. The van der Waals surface area contributed by atoms with E-state index in [-0.39, 0.29) is 18.0 Å². The molecule has 2 heterocycles. The maximum atomic E-state index is 12.4. The molecule has 0 spiro atoms. The van der Waals surface area contributed by atoms with Crippen molar-refractivity contribution in [1.29, 1.82) is 0 Å². The van der Waals surface area contributed by atoms with Gasteiger partial charge in [-0.1, -0.05) is 13.0 Å². The summed E-state index contributed by atoms with van der Waals surface area (Å²) in [5.74, 6) is -0.172. The van der Waals surface area contributed by atoms with Gasteiger partial charge in [0.2, 0.25) is 0 Å². The van der Waals surface area contributed by atoms with Gasteiger partial charge in [-0.25, -0.2) is 4.79 Å². The minimum atomic E-state index is -0.172. The van der Waals surface area contributed by atoms with E-state index in [0.29, 0.717) is 18.7 Å². The van der Waals surface area contributed by atoms with Crippen molar-refractivity contribution < 1.29 is 9.59 Å². The van der Waals surface area contributed by atoms with Crippen LogP contribution in [0.3, 0.4) is 0 Å². The maximum Gasteiger partial charge on any atom is 0.317 e. The monoisotopic (exact) mass is 352 g/mol. The van der Waals surface area contributed by atoms with Gasteiger partial charge in [0.15, 0.2) is 0 Å². The zero-order valence-electron chi connectivity index (χ0n) is 15.2. The fourth-order valence-electron chi connectivity index (χ4n) is 2.92. The van der Waals surface area contributed by atoms with E-state index < -0.39 is 0 Å². The molecule has 3 amide bonds. The summed E-state index contributed by atoms with van der Waals surface area (Å²) in [4.78, 5) is 30.4. The molecule has 26 heavy (non-hydrogen) atoms. The highest BCUT2D eigenvalue weighted by Crippen LogP contribution is 2.23. The van der Waals surface area contributed by atoms with Crippen LogP contribution in [0.1, 0.15) is 41.8 Å². The third-order valence-electron chi connectivity index (χ3n) is 4.69. The van der Waals surface area contributed by atoms with Gasteiger partial charge in [-0.15, -0.1) is 0 Å². The highest BCUT2D eigenvalue weighted by Gasteiger charge is 2.21. The summed E-state index contributed by atoms with van der Waals surface area (Å²) < 4.78 is 0. The first-order valence-electron chi connectivity index (χ1n) is 8.95. The summed E-state index contributed by atoms with van der Waals surface area (Å²) in [6.45, 7) is 5.31. The molecular weight excluding hydrogens is 328 g/mol. The Morgan fingerprint density at radius 1 is 1.19 bits per heavy atom. The molecule has 1 aromatic carbocycles. The Morgan fingerprint density at radius 2 is 1.96 bits per heavy atom. The van der Waals surface area contributed by atoms with Crippen LogP contribution in [0, 0.1) is 0 Å². The number of hydrogen-bond donors (Lipinski definition) is 2. The Labute approximate surface area is 153 Å². The summed E-state index contributed by atoms with van der Waals surface area (Å²) in [7, 11) is 0. The molecule has 0 saturated heterocycles. The van der Waals surface area contributed by atoms with E-state index in [1.165, 1.54) is 5.56 Å². The predicted octanol–water partition coefficient (Wildman–Crippen LogP) is 3.20. The van der Waals surface area contributed by atoms with Crippen LogP contribution in [0.25, 0.3) is 0 Å². The molecule has 1 aliphatic rings. The smallest absolute Gasteiger partial charge is 0.317 e. The quantitative estimate of drug-likeness (QED) is 0.887. The van der Waals surface area contributed by atoms with Crippen LogP contribution < -0.4 is 10.6 Å². The summed E-state index contributed by atoms with van der Waals surface area (Å²) in [5, 5.41) is 5.92. The molecule has 6 heteroatoms. The van der Waals surface area contributed by atoms with Crippen LogP contribution in [-0.4, -0.2) is 34.4 Å². The summed E-state index contributed by atoms with van der Waals surface area (Å²) in [6.07, 6.45) is 4.91. The number of carbonyl (C=O) groups is 2. The van der Waals surface area contributed by atoms with E-state index in [0.717, 1.165) is 24.1 Å². The molecule has 0 radical (unpaired) electrons. The molecule has 0 fully saturated rings. The number of carbonyl (C=O) groups excluding carboxylic acids is 2. The average molecular weight is 352 g/mol. The van der Waals surface area contributed by atoms with Crippen LogP contribution in [0.5, 0.6) is 0 Å². The Balaban J connectivity index is 1.69. The number of urea groups is 1. The van der Waals surface area contributed by atoms with Gasteiger partial charge in [-0.3, -0.25) is 9.78 Å². The fourth-order valence-corrected chi connectivity index (χ4v) is 2.92. The summed E-state index contributed by atoms with van der Waals surface area (Å²) in [6, 6.07) is 9.38. The van der Waals surface area contributed by atoms with Gasteiger partial charge in [-0.2, -0.15) is 0 Å². The van der Waals surface area contributed by atoms with Crippen molar-refractivity contribution in [2.24, 2.45) is 0 Å². The lowest BCUT2D eigenvalue weighted by molar-refractivity contribution is 0.102. The number of rotatable bonds is 4. The molecule has 2 N–H and O–H groups in total. The molecule has 136 valence electrons. The topological polar surface area (TPSA) is 74.3 Å². The number of benzene rings is 1. The number of anilines is 1. The standard InChI is InChI=1S/C20H24N4O2/c1-3-14(2)22-20(26)24-11-8-15-4-5-18(12-17(15)13-24)23-19(25)16-6-9-21-10-7-16/h4-7,9-10,12,14H,3,8,11,13H2,1-2H3,(H,22,26)(H,23,25)/t14-/m0/s1. The SMILES string of the molecule is CC[C@H](C)NC(=O)N1CCc2ccc(NC(=O)c3ccncc3)cc2C1. The van der Waals surface area contributed by atoms with Crippen molar-refractivity contribution >= 4 is 17.6 Å². The number of fused-ring (bicyclic) bond motifs is 1. The van der Waals surface area contributed by atoms with Gasteiger partial charge in [-0.05, 0) is 55.2 Å². The van der Waals surface area contributed by atoms with E-state index in [4.69, 9.17) is 0 Å². The van der Waals surface area contributed by atoms with E-state index in [2.05, 4.69) is 15.6 Å². The maximum absolute atomic E-state index is 12.4. The van der Waals surface area contributed by atoms with Crippen molar-refractivity contribution in [2.75, 3.05) is 11.9 Å². The average Bonchev–Trinajstić information content (AvgIpc) is 2.67. The van der Waals surface area contributed by atoms with Crippen LogP contribution in [0.2, 0.25) is 0 Å². The van der Waals surface area contributed by atoms with Gasteiger partial charge in [0.25, 0.3) is 5.91 Å². The minimum Gasteiger partial charge on any atom is -0.336 e. The molecule has 0 unspecified atom stereocenters. The lowest BCUT2D eigenvalue weighted by Gasteiger charge is -2.30. The molecule has 0 bridgehead atoms. The highest BCUT2D eigenvalue weighted by molar-refractivity contribution is 6.04. The van der Waals surface area contributed by atoms with Gasteiger partial charge >= 0.3 is 6.03 Å². The van der Waals surface area contributed by atoms with Crippen molar-refractivity contribution in [2.45, 2.75) is 39.3 Å². The van der Waals surface area contributed by atoms with Crippen molar-refractivity contribution in [1.82, 2.24) is 15.2 Å². The number of aromatic nitrogens is 1. The second-order valence-electron chi connectivity index (χ2n) is 6.60. The molecule has 0 saturated carbocycles.